The lowest BCUT2D eigenvalue weighted by atomic mass is 9.96. The average Bonchev–Trinajstić information content (AvgIpc) is 2.71. The molecule has 2 N–H and O–H groups in total. The first-order valence-electron chi connectivity index (χ1n) is 5.45. The van der Waals surface area contributed by atoms with Crippen LogP contribution in [0, 0.1) is 0 Å². The molecule has 1 heterocycles. The molecule has 0 radical (unpaired) electrons. The Bertz CT molecular complexity index is 304. The van der Waals surface area contributed by atoms with Crippen LogP contribution in [0.1, 0.15) is 32.1 Å². The molecule has 1 aromatic heterocycles. The summed E-state index contributed by atoms with van der Waals surface area (Å²) >= 11 is 5.20. The van der Waals surface area contributed by atoms with Gasteiger partial charge in [0.25, 0.3) is 0 Å². The Kier molecular flexibility index (Phi) is 3.61. The lowest BCUT2D eigenvalue weighted by Gasteiger charge is -2.23. The number of thiocarbonyl (C=S) groups is 1. The van der Waals surface area contributed by atoms with Gasteiger partial charge in [0.15, 0.2) is 11.0 Å². The summed E-state index contributed by atoms with van der Waals surface area (Å²) < 4.78 is 5.15. The molecule has 1 fully saturated rings. The Hall–Kier alpha value is -1.03. The first-order chi connectivity index (χ1) is 7.34. The predicted molar refractivity (Wildman–Crippen MR) is 64.9 cm³/mol. The van der Waals surface area contributed by atoms with Crippen LogP contribution in [0.3, 0.4) is 0 Å². The molecule has 1 aromatic rings. The zero-order valence-corrected chi connectivity index (χ0v) is 9.48. The van der Waals surface area contributed by atoms with Crippen molar-refractivity contribution >= 4 is 23.2 Å². The van der Waals surface area contributed by atoms with Crippen LogP contribution in [0.5, 0.6) is 0 Å². The van der Waals surface area contributed by atoms with Crippen molar-refractivity contribution < 1.29 is 4.42 Å². The van der Waals surface area contributed by atoms with Gasteiger partial charge in [-0.25, -0.2) is 0 Å². The summed E-state index contributed by atoms with van der Waals surface area (Å²) in [5, 5.41) is 7.00. The molecular formula is C11H16N2OS. The summed E-state index contributed by atoms with van der Waals surface area (Å²) in [5.74, 6) is 0.698. The van der Waals surface area contributed by atoms with Gasteiger partial charge in [-0.2, -0.15) is 0 Å². The van der Waals surface area contributed by atoms with Gasteiger partial charge in [-0.05, 0) is 31.1 Å². The van der Waals surface area contributed by atoms with Crippen molar-refractivity contribution in [1.82, 2.24) is 5.32 Å². The van der Waals surface area contributed by atoms with E-state index in [9.17, 15) is 0 Å². The summed E-state index contributed by atoms with van der Waals surface area (Å²) in [6, 6.07) is 4.23. The smallest absolute Gasteiger partial charge is 0.198 e. The Labute approximate surface area is 95.2 Å². The van der Waals surface area contributed by atoms with Crippen LogP contribution >= 0.6 is 12.2 Å². The van der Waals surface area contributed by atoms with E-state index in [1.54, 1.807) is 6.26 Å². The molecule has 3 nitrogen and oxygen atoms in total. The highest BCUT2D eigenvalue weighted by atomic mass is 32.1. The van der Waals surface area contributed by atoms with Gasteiger partial charge in [0.2, 0.25) is 0 Å². The third-order valence-electron chi connectivity index (χ3n) is 2.70. The Morgan fingerprint density at radius 2 is 2.13 bits per heavy atom. The monoisotopic (exact) mass is 224 g/mol. The Morgan fingerprint density at radius 1 is 1.33 bits per heavy atom. The van der Waals surface area contributed by atoms with E-state index in [1.807, 2.05) is 12.1 Å². The van der Waals surface area contributed by atoms with Crippen LogP contribution in [0.2, 0.25) is 0 Å². The molecule has 15 heavy (non-hydrogen) atoms. The van der Waals surface area contributed by atoms with Crippen LogP contribution in [0.25, 0.3) is 0 Å². The molecule has 0 atom stereocenters. The fourth-order valence-corrected chi connectivity index (χ4v) is 2.20. The molecule has 4 heteroatoms. The van der Waals surface area contributed by atoms with E-state index in [1.165, 1.54) is 32.1 Å². The summed E-state index contributed by atoms with van der Waals surface area (Å²) in [6.45, 7) is 0. The highest BCUT2D eigenvalue weighted by Crippen LogP contribution is 2.17. The van der Waals surface area contributed by atoms with Gasteiger partial charge < -0.3 is 15.1 Å². The largest absolute Gasteiger partial charge is 0.449 e. The highest BCUT2D eigenvalue weighted by Gasteiger charge is 2.13. The topological polar surface area (TPSA) is 37.2 Å². The van der Waals surface area contributed by atoms with Crippen molar-refractivity contribution in [3.05, 3.63) is 18.4 Å². The van der Waals surface area contributed by atoms with E-state index in [-0.39, 0.29) is 0 Å². The molecule has 82 valence electrons. The number of rotatable bonds is 2. The summed E-state index contributed by atoms with van der Waals surface area (Å²) in [5.41, 5.74) is 0. The van der Waals surface area contributed by atoms with Crippen molar-refractivity contribution in [2.24, 2.45) is 0 Å². The molecule has 1 aliphatic rings. The molecule has 1 saturated carbocycles. The SMILES string of the molecule is S=C(Nc1ccco1)NC1CCCCC1. The number of anilines is 1. The van der Waals surface area contributed by atoms with Crippen LogP contribution in [-0.4, -0.2) is 11.2 Å². The van der Waals surface area contributed by atoms with Crippen molar-refractivity contribution in [2.45, 2.75) is 38.1 Å². The third kappa shape index (κ3) is 3.23. The van der Waals surface area contributed by atoms with Crippen LogP contribution in [0.15, 0.2) is 22.8 Å². The first kappa shape index (κ1) is 10.5. The van der Waals surface area contributed by atoms with E-state index in [0.29, 0.717) is 17.0 Å². The van der Waals surface area contributed by atoms with Gasteiger partial charge in [0.05, 0.1) is 6.26 Å². The zero-order valence-electron chi connectivity index (χ0n) is 8.66. The summed E-state index contributed by atoms with van der Waals surface area (Å²) in [7, 11) is 0. The predicted octanol–water partition coefficient (Wildman–Crippen LogP) is 2.90. The highest BCUT2D eigenvalue weighted by molar-refractivity contribution is 7.80. The number of nitrogens with one attached hydrogen (secondary N) is 2. The van der Waals surface area contributed by atoms with E-state index in [2.05, 4.69) is 10.6 Å². The lowest BCUT2D eigenvalue weighted by molar-refractivity contribution is 0.414. The van der Waals surface area contributed by atoms with E-state index >= 15 is 0 Å². The van der Waals surface area contributed by atoms with Crippen molar-refractivity contribution in [2.75, 3.05) is 5.32 Å². The molecule has 0 spiro atoms. The molecule has 0 amide bonds. The molecule has 0 saturated heterocycles. The van der Waals surface area contributed by atoms with Gasteiger partial charge >= 0.3 is 0 Å². The van der Waals surface area contributed by atoms with Crippen molar-refractivity contribution in [3.8, 4) is 0 Å². The van der Waals surface area contributed by atoms with E-state index in [4.69, 9.17) is 16.6 Å². The minimum atomic E-state index is 0.536. The normalized spacial score (nSPS) is 17.3. The van der Waals surface area contributed by atoms with Gasteiger partial charge in [-0.3, -0.25) is 0 Å². The average molecular weight is 224 g/mol. The second-order valence-corrected chi connectivity index (χ2v) is 4.32. The summed E-state index contributed by atoms with van der Waals surface area (Å²) in [4.78, 5) is 0. The lowest BCUT2D eigenvalue weighted by Crippen LogP contribution is -2.38. The summed E-state index contributed by atoms with van der Waals surface area (Å²) in [6.07, 6.45) is 8.05. The maximum atomic E-state index is 5.20. The number of hydrogen-bond acceptors (Lipinski definition) is 2. The molecular weight excluding hydrogens is 208 g/mol. The fraction of sp³-hybridized carbons (Fsp3) is 0.545. The van der Waals surface area contributed by atoms with Crippen LogP contribution < -0.4 is 10.6 Å². The number of furan rings is 1. The van der Waals surface area contributed by atoms with Crippen LogP contribution in [0.4, 0.5) is 5.88 Å². The second kappa shape index (κ2) is 5.16. The van der Waals surface area contributed by atoms with Gasteiger partial charge in [0, 0.05) is 12.1 Å². The van der Waals surface area contributed by atoms with E-state index in [0.717, 1.165) is 0 Å². The van der Waals surface area contributed by atoms with Gasteiger partial charge in [0.1, 0.15) is 0 Å². The maximum Gasteiger partial charge on any atom is 0.198 e. The third-order valence-corrected chi connectivity index (χ3v) is 2.92. The molecule has 0 aliphatic heterocycles. The Balaban J connectivity index is 1.76. The first-order valence-corrected chi connectivity index (χ1v) is 5.86. The standard InChI is InChI=1S/C11H16N2OS/c15-11(13-10-7-4-8-14-10)12-9-5-2-1-3-6-9/h4,7-9H,1-3,5-6H2,(H2,12,13,15). The van der Waals surface area contributed by atoms with Gasteiger partial charge in [-0.15, -0.1) is 0 Å². The molecule has 0 unspecified atom stereocenters. The zero-order chi connectivity index (χ0) is 10.5. The van der Waals surface area contributed by atoms with Crippen molar-refractivity contribution in [3.63, 3.8) is 0 Å². The molecule has 0 bridgehead atoms. The Morgan fingerprint density at radius 3 is 2.80 bits per heavy atom. The number of hydrogen-bond donors (Lipinski definition) is 2. The maximum absolute atomic E-state index is 5.20. The van der Waals surface area contributed by atoms with Crippen LogP contribution in [-0.2, 0) is 0 Å². The molecule has 1 aliphatic carbocycles. The fourth-order valence-electron chi connectivity index (χ4n) is 1.93. The van der Waals surface area contributed by atoms with E-state index < -0.39 is 0 Å². The van der Waals surface area contributed by atoms with Gasteiger partial charge in [-0.1, -0.05) is 19.3 Å². The molecule has 2 rings (SSSR count). The minimum Gasteiger partial charge on any atom is -0.449 e. The quantitative estimate of drug-likeness (QED) is 0.757. The van der Waals surface area contributed by atoms with Crippen molar-refractivity contribution in [1.29, 1.82) is 0 Å². The minimum absolute atomic E-state index is 0.536. The molecule has 0 aromatic carbocycles. The second-order valence-electron chi connectivity index (χ2n) is 3.91.